The van der Waals surface area contributed by atoms with Gasteiger partial charge in [-0.15, -0.1) is 11.3 Å². The first-order valence-corrected chi connectivity index (χ1v) is 8.32. The van der Waals surface area contributed by atoms with Crippen LogP contribution in [-0.4, -0.2) is 31.1 Å². The van der Waals surface area contributed by atoms with Gasteiger partial charge in [0.15, 0.2) is 10.7 Å². The van der Waals surface area contributed by atoms with Crippen LogP contribution in [0.1, 0.15) is 17.5 Å². The van der Waals surface area contributed by atoms with Gasteiger partial charge in [0, 0.05) is 31.7 Å². The van der Waals surface area contributed by atoms with Gasteiger partial charge in [-0.1, -0.05) is 6.92 Å². The van der Waals surface area contributed by atoms with Crippen LogP contribution in [0.15, 0.2) is 22.6 Å². The average molecular weight is 331 g/mol. The largest absolute Gasteiger partial charge is 0.423 e. The van der Waals surface area contributed by atoms with Crippen molar-refractivity contribution >= 4 is 39.3 Å². The Labute approximate surface area is 139 Å². The Morgan fingerprint density at radius 3 is 2.70 bits per heavy atom. The first-order chi connectivity index (χ1) is 11.0. The molecule has 6 nitrogen and oxygen atoms in total. The van der Waals surface area contributed by atoms with Gasteiger partial charge >= 0.3 is 0 Å². The zero-order chi connectivity index (χ0) is 16.6. The van der Waals surface area contributed by atoms with Gasteiger partial charge in [0.2, 0.25) is 0 Å². The summed E-state index contributed by atoms with van der Waals surface area (Å²) in [5.41, 5.74) is 9.62. The SMILES string of the molecule is CCc1nc(N)sc1CN(C)c1nc2cc(N(C)C)ccc2o1. The highest BCUT2D eigenvalue weighted by Gasteiger charge is 2.15. The molecule has 3 rings (SSSR count). The minimum absolute atomic E-state index is 0.602. The number of nitrogens with zero attached hydrogens (tertiary/aromatic N) is 4. The third-order valence-corrected chi connectivity index (χ3v) is 4.62. The second-order valence-corrected chi connectivity index (χ2v) is 6.79. The van der Waals surface area contributed by atoms with E-state index >= 15 is 0 Å². The highest BCUT2D eigenvalue weighted by atomic mass is 32.1. The number of fused-ring (bicyclic) bond motifs is 1. The first kappa shape index (κ1) is 15.6. The summed E-state index contributed by atoms with van der Waals surface area (Å²) in [4.78, 5) is 14.2. The summed E-state index contributed by atoms with van der Waals surface area (Å²) in [7, 11) is 5.98. The van der Waals surface area contributed by atoms with Gasteiger partial charge < -0.3 is 20.0 Å². The van der Waals surface area contributed by atoms with E-state index in [9.17, 15) is 0 Å². The topological polar surface area (TPSA) is 71.4 Å². The molecule has 0 amide bonds. The maximum atomic E-state index is 5.87. The Morgan fingerprint density at radius 2 is 2.00 bits per heavy atom. The Balaban J connectivity index is 1.87. The summed E-state index contributed by atoms with van der Waals surface area (Å²) in [6.07, 6.45) is 0.872. The van der Waals surface area contributed by atoms with Crippen molar-refractivity contribution in [1.82, 2.24) is 9.97 Å². The molecule has 0 spiro atoms. The van der Waals surface area contributed by atoms with E-state index in [4.69, 9.17) is 10.2 Å². The number of oxazole rings is 1. The first-order valence-electron chi connectivity index (χ1n) is 7.51. The molecule has 0 radical (unpaired) electrons. The lowest BCUT2D eigenvalue weighted by molar-refractivity contribution is 0.583. The minimum atomic E-state index is 0.602. The van der Waals surface area contributed by atoms with E-state index in [1.54, 1.807) is 0 Å². The monoisotopic (exact) mass is 331 g/mol. The van der Waals surface area contributed by atoms with Crippen molar-refractivity contribution in [2.45, 2.75) is 19.9 Å². The number of rotatable bonds is 5. The van der Waals surface area contributed by atoms with E-state index in [1.807, 2.05) is 49.1 Å². The summed E-state index contributed by atoms with van der Waals surface area (Å²) in [6, 6.07) is 6.61. The van der Waals surface area contributed by atoms with Gasteiger partial charge in [-0.25, -0.2) is 4.98 Å². The van der Waals surface area contributed by atoms with E-state index in [0.29, 0.717) is 17.7 Å². The van der Waals surface area contributed by atoms with Crippen LogP contribution in [0, 0.1) is 0 Å². The molecule has 2 aromatic heterocycles. The Kier molecular flexibility index (Phi) is 4.12. The van der Waals surface area contributed by atoms with E-state index in [-0.39, 0.29) is 0 Å². The van der Waals surface area contributed by atoms with Crippen molar-refractivity contribution < 1.29 is 4.42 Å². The fraction of sp³-hybridized carbons (Fsp3) is 0.375. The lowest BCUT2D eigenvalue weighted by Crippen LogP contribution is -2.16. The predicted octanol–water partition coefficient (Wildman–Crippen LogP) is 3.13. The number of hydrogen-bond donors (Lipinski definition) is 1. The van der Waals surface area contributed by atoms with Crippen molar-refractivity contribution in [2.75, 3.05) is 36.7 Å². The maximum absolute atomic E-state index is 5.87. The molecule has 2 heterocycles. The summed E-state index contributed by atoms with van der Waals surface area (Å²) in [6.45, 7) is 2.77. The molecule has 1 aromatic carbocycles. The van der Waals surface area contributed by atoms with Gasteiger partial charge in [0.05, 0.1) is 12.2 Å². The number of benzene rings is 1. The lowest BCUT2D eigenvalue weighted by atomic mass is 10.3. The normalized spacial score (nSPS) is 11.1. The van der Waals surface area contributed by atoms with Gasteiger partial charge in [0.25, 0.3) is 6.01 Å². The van der Waals surface area contributed by atoms with Crippen molar-refractivity contribution in [2.24, 2.45) is 0 Å². The van der Waals surface area contributed by atoms with Crippen LogP contribution in [0.3, 0.4) is 0 Å². The van der Waals surface area contributed by atoms with Gasteiger partial charge in [-0.05, 0) is 24.6 Å². The highest BCUT2D eigenvalue weighted by Crippen LogP contribution is 2.28. The highest BCUT2D eigenvalue weighted by molar-refractivity contribution is 7.15. The third-order valence-electron chi connectivity index (χ3n) is 3.71. The molecule has 122 valence electrons. The smallest absolute Gasteiger partial charge is 0.298 e. The van der Waals surface area contributed by atoms with Crippen LogP contribution < -0.4 is 15.5 Å². The van der Waals surface area contributed by atoms with Crippen LogP contribution in [-0.2, 0) is 13.0 Å². The Hall–Kier alpha value is -2.28. The zero-order valence-electron chi connectivity index (χ0n) is 13.8. The number of nitrogens with two attached hydrogens (primary N) is 1. The molecule has 0 bridgehead atoms. The fourth-order valence-corrected chi connectivity index (χ4v) is 3.41. The van der Waals surface area contributed by atoms with Gasteiger partial charge in [0.1, 0.15) is 5.52 Å². The molecule has 0 atom stereocenters. The van der Waals surface area contributed by atoms with Gasteiger partial charge in [-0.2, -0.15) is 4.98 Å². The molecule has 0 aliphatic heterocycles. The second-order valence-electron chi connectivity index (χ2n) is 5.67. The fourth-order valence-electron chi connectivity index (χ4n) is 2.43. The van der Waals surface area contributed by atoms with E-state index in [0.717, 1.165) is 33.8 Å². The number of thiazole rings is 1. The molecule has 0 saturated heterocycles. The maximum Gasteiger partial charge on any atom is 0.298 e. The second kappa shape index (κ2) is 6.08. The van der Waals surface area contributed by atoms with E-state index in [1.165, 1.54) is 11.3 Å². The minimum Gasteiger partial charge on any atom is -0.423 e. The molecule has 23 heavy (non-hydrogen) atoms. The Bertz CT molecular complexity index is 823. The van der Waals surface area contributed by atoms with Crippen LogP contribution >= 0.6 is 11.3 Å². The summed E-state index contributed by atoms with van der Waals surface area (Å²) in [5, 5.41) is 0.610. The van der Waals surface area contributed by atoms with Crippen molar-refractivity contribution in [3.05, 3.63) is 28.8 Å². The van der Waals surface area contributed by atoms with Crippen molar-refractivity contribution in [3.63, 3.8) is 0 Å². The van der Waals surface area contributed by atoms with Gasteiger partial charge in [-0.3, -0.25) is 0 Å². The summed E-state index contributed by atoms with van der Waals surface area (Å²) >= 11 is 1.52. The third kappa shape index (κ3) is 3.10. The number of aromatic nitrogens is 2. The standard InChI is InChI=1S/C16H21N5OS/c1-5-11-14(23-15(17)18-11)9-21(4)16-19-12-8-10(20(2)3)6-7-13(12)22-16/h6-8H,5,9H2,1-4H3,(H2,17,18). The quantitative estimate of drug-likeness (QED) is 0.774. The zero-order valence-corrected chi connectivity index (χ0v) is 14.6. The molecule has 0 aliphatic rings. The van der Waals surface area contributed by atoms with Crippen molar-refractivity contribution in [3.8, 4) is 0 Å². The van der Waals surface area contributed by atoms with Crippen LogP contribution in [0.2, 0.25) is 0 Å². The molecular formula is C16H21N5OS. The Morgan fingerprint density at radius 1 is 1.22 bits per heavy atom. The average Bonchev–Trinajstić information content (AvgIpc) is 3.09. The lowest BCUT2D eigenvalue weighted by Gasteiger charge is -2.13. The van der Waals surface area contributed by atoms with Crippen LogP contribution in [0.25, 0.3) is 11.1 Å². The number of hydrogen-bond acceptors (Lipinski definition) is 7. The van der Waals surface area contributed by atoms with Crippen LogP contribution in [0.5, 0.6) is 0 Å². The molecule has 0 unspecified atom stereocenters. The number of anilines is 3. The summed E-state index contributed by atoms with van der Waals surface area (Å²) in [5.74, 6) is 0. The molecule has 2 N–H and O–H groups in total. The summed E-state index contributed by atoms with van der Waals surface area (Å²) < 4.78 is 5.87. The molecule has 0 aliphatic carbocycles. The van der Waals surface area contributed by atoms with Crippen LogP contribution in [0.4, 0.5) is 16.8 Å². The van der Waals surface area contributed by atoms with E-state index in [2.05, 4.69) is 16.9 Å². The molecule has 7 heteroatoms. The molecule has 3 aromatic rings. The molecular weight excluding hydrogens is 310 g/mol. The molecule has 0 saturated carbocycles. The predicted molar refractivity (Wildman–Crippen MR) is 96.3 cm³/mol. The number of aryl methyl sites for hydroxylation is 1. The van der Waals surface area contributed by atoms with E-state index < -0.39 is 0 Å². The van der Waals surface area contributed by atoms with Crippen molar-refractivity contribution in [1.29, 1.82) is 0 Å². The molecule has 0 fully saturated rings. The number of nitrogen functional groups attached to an aromatic ring is 1.